The van der Waals surface area contributed by atoms with E-state index in [9.17, 15) is 0 Å². The summed E-state index contributed by atoms with van der Waals surface area (Å²) >= 11 is 0. The van der Waals surface area contributed by atoms with Crippen LogP contribution < -0.4 is 0 Å². The van der Waals surface area contributed by atoms with Crippen molar-refractivity contribution < 1.29 is 66.6 Å². The minimum absolute atomic E-state index is 0. The van der Waals surface area contributed by atoms with E-state index in [-0.39, 0.29) is 56.3 Å². The summed E-state index contributed by atoms with van der Waals surface area (Å²) in [6.45, 7) is -0.750. The third-order valence-corrected chi connectivity index (χ3v) is 0. The van der Waals surface area contributed by atoms with Gasteiger partial charge in [0.2, 0.25) is 0 Å². The Bertz CT molecular complexity index is 49.7. The van der Waals surface area contributed by atoms with E-state index in [0.29, 0.717) is 0 Å². The second-order valence-corrected chi connectivity index (χ2v) is 0.316. The quantitative estimate of drug-likeness (QED) is 0.500. The first-order valence-corrected chi connectivity index (χ1v) is 1.48. The molecule has 0 saturated carbocycles. The van der Waals surface area contributed by atoms with Crippen molar-refractivity contribution in [2.45, 2.75) is 0 Å². The Kier molecular flexibility index (Phi) is 163. The molecule has 0 aliphatic heterocycles. The Morgan fingerprint density at radius 2 is 0.700 bits per heavy atom. The Morgan fingerprint density at radius 1 is 0.700 bits per heavy atom. The van der Waals surface area contributed by atoms with Crippen molar-refractivity contribution in [1.82, 2.24) is 0 Å². The van der Waals surface area contributed by atoms with Crippen LogP contribution in [0.5, 0.6) is 0 Å². The van der Waals surface area contributed by atoms with Crippen LogP contribution in [0.1, 0.15) is 0 Å². The Balaban J connectivity index is -0.0000000257. The number of rotatable bonds is 0. The molecule has 0 fully saturated rings. The Hall–Kier alpha value is -0.356. The predicted molar refractivity (Wildman–Crippen MR) is 26.1 cm³/mol. The smallest absolute Gasteiger partial charge is 0.290 e. The molecular formula is C3H6LuO6. The summed E-state index contributed by atoms with van der Waals surface area (Å²) in [5.74, 6) is 0. The zero-order chi connectivity index (χ0) is 8.12. The molecule has 0 rings (SSSR count). The van der Waals surface area contributed by atoms with E-state index in [4.69, 9.17) is 29.7 Å². The van der Waals surface area contributed by atoms with Crippen molar-refractivity contribution in [1.29, 1.82) is 0 Å². The Labute approximate surface area is 85.7 Å². The van der Waals surface area contributed by atoms with Crippen molar-refractivity contribution in [2.24, 2.45) is 0 Å². The maximum atomic E-state index is 8.36. The second-order valence-electron chi connectivity index (χ2n) is 0.316. The summed E-state index contributed by atoms with van der Waals surface area (Å²) in [5.41, 5.74) is 0. The van der Waals surface area contributed by atoms with Crippen molar-refractivity contribution in [2.75, 3.05) is 0 Å². The molecule has 0 aliphatic rings. The fourth-order valence-corrected chi connectivity index (χ4v) is 0. The van der Waals surface area contributed by atoms with Crippen LogP contribution in [0.25, 0.3) is 0 Å². The standard InChI is InChI=1S/3CH2O2.Lu/c3*2-1-3;/h3*1H,(H,2,3);. The monoisotopic (exact) mass is 313 g/mol. The zero-order valence-electron chi connectivity index (χ0n) is 4.56. The van der Waals surface area contributed by atoms with E-state index < -0.39 is 0 Å². The molecule has 0 aromatic heterocycles. The van der Waals surface area contributed by atoms with Crippen molar-refractivity contribution >= 4 is 19.4 Å². The SMILES string of the molecule is O=CO.O=CO.O=CO.[Lu]. The summed E-state index contributed by atoms with van der Waals surface area (Å²) < 4.78 is 0. The normalized spacial score (nSPS) is 3.60. The minimum Gasteiger partial charge on any atom is -0.483 e. The van der Waals surface area contributed by atoms with Gasteiger partial charge in [-0.3, -0.25) is 14.4 Å². The van der Waals surface area contributed by atoms with Crippen LogP contribution in [-0.4, -0.2) is 34.7 Å². The summed E-state index contributed by atoms with van der Waals surface area (Å²) in [6.07, 6.45) is 0. The van der Waals surface area contributed by atoms with Gasteiger partial charge in [0.1, 0.15) is 0 Å². The molecule has 0 spiro atoms. The van der Waals surface area contributed by atoms with Crippen LogP contribution >= 0.6 is 0 Å². The molecule has 3 N–H and O–H groups in total. The molecule has 0 heterocycles. The largest absolute Gasteiger partial charge is 0.483 e. The van der Waals surface area contributed by atoms with Crippen LogP contribution in [0.3, 0.4) is 0 Å². The molecule has 1 radical (unpaired) electrons. The molecule has 10 heavy (non-hydrogen) atoms. The number of hydrogen-bond donors (Lipinski definition) is 3. The van der Waals surface area contributed by atoms with Crippen molar-refractivity contribution in [3.63, 3.8) is 0 Å². The summed E-state index contributed by atoms with van der Waals surface area (Å²) in [4.78, 5) is 25.1. The second kappa shape index (κ2) is 72.3. The predicted octanol–water partition coefficient (Wildman–Crippen LogP) is -0.898. The third-order valence-electron chi connectivity index (χ3n) is 0. The zero-order valence-corrected chi connectivity index (χ0v) is 6.21. The van der Waals surface area contributed by atoms with Gasteiger partial charge < -0.3 is 15.3 Å². The van der Waals surface area contributed by atoms with Gasteiger partial charge in [-0.05, 0) is 0 Å². The molecule has 0 aromatic rings. The van der Waals surface area contributed by atoms with Crippen LogP contribution in [-0.2, 0) is 14.4 Å². The molecule has 0 aliphatic carbocycles. The van der Waals surface area contributed by atoms with Gasteiger partial charge in [-0.25, -0.2) is 0 Å². The first-order valence-electron chi connectivity index (χ1n) is 1.48. The third kappa shape index (κ3) is 2660. The number of hydrogen-bond acceptors (Lipinski definition) is 3. The molecule has 0 amide bonds. The van der Waals surface area contributed by atoms with E-state index in [1.54, 1.807) is 0 Å². The van der Waals surface area contributed by atoms with Gasteiger partial charge in [0.25, 0.3) is 19.4 Å². The fraction of sp³-hybridized carbons (Fsp3) is 0. The van der Waals surface area contributed by atoms with E-state index in [2.05, 4.69) is 0 Å². The Morgan fingerprint density at radius 3 is 0.700 bits per heavy atom. The fourth-order valence-electron chi connectivity index (χ4n) is 0. The van der Waals surface area contributed by atoms with Gasteiger partial charge in [-0.15, -0.1) is 0 Å². The maximum absolute atomic E-state index is 8.36. The summed E-state index contributed by atoms with van der Waals surface area (Å²) in [7, 11) is 0. The summed E-state index contributed by atoms with van der Waals surface area (Å²) in [6, 6.07) is 0. The van der Waals surface area contributed by atoms with Crippen LogP contribution in [0.15, 0.2) is 0 Å². The minimum atomic E-state index is -0.250. The molecule has 69 valence electrons. The maximum Gasteiger partial charge on any atom is 0.290 e. The van der Waals surface area contributed by atoms with E-state index in [1.807, 2.05) is 0 Å². The number of carbonyl (C=O) groups is 3. The molecule has 0 unspecified atom stereocenters. The molecule has 7 heteroatoms. The molecule has 0 atom stereocenters. The van der Waals surface area contributed by atoms with Gasteiger partial charge in [0.15, 0.2) is 0 Å². The number of carboxylic acid groups (broad SMARTS) is 3. The molecule has 0 saturated heterocycles. The van der Waals surface area contributed by atoms with Gasteiger partial charge in [-0.1, -0.05) is 0 Å². The molecular weight excluding hydrogens is 307 g/mol. The van der Waals surface area contributed by atoms with E-state index in [1.165, 1.54) is 0 Å². The average molecular weight is 313 g/mol. The van der Waals surface area contributed by atoms with Gasteiger partial charge >= 0.3 is 0 Å². The first-order chi connectivity index (χ1) is 4.24. The summed E-state index contributed by atoms with van der Waals surface area (Å²) in [5, 5.41) is 20.7. The van der Waals surface area contributed by atoms with Gasteiger partial charge in [0.05, 0.1) is 0 Å². The first kappa shape index (κ1) is 22.6. The van der Waals surface area contributed by atoms with Gasteiger partial charge in [-0.2, -0.15) is 0 Å². The topological polar surface area (TPSA) is 112 Å². The van der Waals surface area contributed by atoms with Crippen LogP contribution in [0.4, 0.5) is 0 Å². The van der Waals surface area contributed by atoms with E-state index >= 15 is 0 Å². The molecule has 0 aromatic carbocycles. The van der Waals surface area contributed by atoms with Crippen LogP contribution in [0, 0.1) is 36.9 Å². The average Bonchev–Trinajstić information content (AvgIpc) is 1.70. The van der Waals surface area contributed by atoms with Crippen LogP contribution in [0.2, 0.25) is 0 Å². The molecule has 6 nitrogen and oxygen atoms in total. The molecule has 0 bridgehead atoms. The van der Waals surface area contributed by atoms with E-state index in [0.717, 1.165) is 0 Å². The van der Waals surface area contributed by atoms with Crippen molar-refractivity contribution in [3.05, 3.63) is 0 Å². The van der Waals surface area contributed by atoms with Crippen molar-refractivity contribution in [3.8, 4) is 0 Å². The van der Waals surface area contributed by atoms with Gasteiger partial charge in [0, 0.05) is 36.9 Å².